The van der Waals surface area contributed by atoms with Crippen LogP contribution in [0.3, 0.4) is 0 Å². The van der Waals surface area contributed by atoms with Crippen molar-refractivity contribution < 1.29 is 64.3 Å². The molecule has 0 aromatic rings. The molecular formula is CH2BClF3K. The molecule has 0 saturated heterocycles. The fourth-order valence-electron chi connectivity index (χ4n) is 0. The molecule has 0 aliphatic heterocycles. The van der Waals surface area contributed by atoms with E-state index in [2.05, 4.69) is 18.0 Å². The molecule has 0 nitrogen and oxygen atoms in total. The molecule has 0 N–H and O–H groups in total. The molecule has 0 rings (SSSR count). The average molecular weight is 156 g/mol. The molecule has 0 heterocycles. The first-order valence-electron chi connectivity index (χ1n) is 0.922. The van der Waals surface area contributed by atoms with E-state index in [1.807, 2.05) is 0 Å². The average Bonchev–Trinajstić information content (AvgIpc) is 1.41. The van der Waals surface area contributed by atoms with Crippen molar-refractivity contribution in [3.05, 3.63) is 6.38 Å². The smallest absolute Gasteiger partial charge is 0.352 e. The van der Waals surface area contributed by atoms with Gasteiger partial charge in [0.05, 0.1) is 0 Å². The number of hydrogen-bond acceptors (Lipinski definition) is 0. The van der Waals surface area contributed by atoms with Crippen molar-refractivity contribution >= 4 is 19.1 Å². The predicted molar refractivity (Wildman–Crippen MR) is 20.3 cm³/mol. The molecule has 0 unspecified atom stereocenters. The zero-order valence-corrected chi connectivity index (χ0v) is 7.68. The molecule has 0 bridgehead atoms. The molecule has 0 atom stereocenters. The van der Waals surface area contributed by atoms with Gasteiger partial charge in [-0.2, -0.15) is 0 Å². The largest absolute Gasteiger partial charge is 1.00 e. The Bertz CT molecular complexity index is 19.7. The van der Waals surface area contributed by atoms with Crippen LogP contribution in [0.2, 0.25) is 0 Å². The Kier molecular flexibility index (Phi) is 35.6. The molecule has 6 heteroatoms. The fourth-order valence-corrected chi connectivity index (χ4v) is 0. The van der Waals surface area contributed by atoms with Crippen LogP contribution in [0.4, 0.5) is 12.9 Å². The van der Waals surface area contributed by atoms with Crippen molar-refractivity contribution in [1.29, 1.82) is 0 Å². The fraction of sp³-hybridized carbons (Fsp3) is 0. The van der Waals surface area contributed by atoms with Gasteiger partial charge in [0, 0.05) is 0 Å². The Morgan fingerprint density at radius 1 is 1.14 bits per heavy atom. The summed E-state index contributed by atoms with van der Waals surface area (Å²) < 4.78 is 29.0. The molecule has 0 spiro atoms. The summed E-state index contributed by atoms with van der Waals surface area (Å²) >= 11 is 4.39. The molecule has 0 fully saturated rings. The number of rotatable bonds is 0. The Balaban J connectivity index is -0.0000000480. The van der Waals surface area contributed by atoms with Gasteiger partial charge in [0.2, 0.25) is 0 Å². The van der Waals surface area contributed by atoms with Gasteiger partial charge < -0.3 is 11.6 Å². The summed E-state index contributed by atoms with van der Waals surface area (Å²) in [5.74, 6) is 0. The van der Waals surface area contributed by atoms with E-state index in [0.717, 1.165) is 0 Å². The minimum absolute atomic E-state index is 0. The predicted octanol–water partition coefficient (Wildman–Crippen LogP) is -1.10. The maximum atomic E-state index is 9.67. The minimum Gasteiger partial charge on any atom is -0.352 e. The number of hydrogen-bond donors (Lipinski definition) is 0. The zero-order valence-electron chi connectivity index (χ0n) is 3.80. The monoisotopic (exact) mass is 156 g/mol. The third-order valence-electron chi connectivity index (χ3n) is 0. The van der Waals surface area contributed by atoms with Crippen molar-refractivity contribution in [3.8, 4) is 0 Å². The third-order valence-corrected chi connectivity index (χ3v) is 0. The second-order valence-electron chi connectivity index (χ2n) is 0.247. The van der Waals surface area contributed by atoms with E-state index in [1.165, 1.54) is 0 Å². The van der Waals surface area contributed by atoms with Gasteiger partial charge in [-0.3, -0.25) is 19.3 Å². The van der Waals surface area contributed by atoms with Crippen LogP contribution in [0.15, 0.2) is 0 Å². The van der Waals surface area contributed by atoms with Crippen molar-refractivity contribution in [1.82, 2.24) is 0 Å². The SMILES string of the molecule is FB(F)F.[CH2-]Cl.[K+]. The second-order valence-corrected chi connectivity index (χ2v) is 0.247. The molecule has 7 heavy (non-hydrogen) atoms. The normalized spacial score (nSPS) is 4.71. The van der Waals surface area contributed by atoms with Crippen LogP contribution in [0.25, 0.3) is 0 Å². The summed E-state index contributed by atoms with van der Waals surface area (Å²) in [5.41, 5.74) is 0. The van der Waals surface area contributed by atoms with Crippen LogP contribution in [-0.4, -0.2) is 7.54 Å². The quantitative estimate of drug-likeness (QED) is 0.309. The van der Waals surface area contributed by atoms with Gasteiger partial charge in [-0.25, -0.2) is 0 Å². The van der Waals surface area contributed by atoms with E-state index in [4.69, 9.17) is 0 Å². The van der Waals surface area contributed by atoms with Crippen LogP contribution in [0.5, 0.6) is 0 Å². The van der Waals surface area contributed by atoms with Gasteiger partial charge in [-0.15, -0.1) is 0 Å². The molecule has 0 radical (unpaired) electrons. The summed E-state index contributed by atoms with van der Waals surface area (Å²) in [7, 11) is -3.67. The molecular weight excluding hydrogens is 154 g/mol. The van der Waals surface area contributed by atoms with E-state index >= 15 is 0 Å². The maximum Gasteiger partial charge on any atom is 1.00 e. The summed E-state index contributed by atoms with van der Waals surface area (Å²) in [6.45, 7) is 0. The Hall–Kier alpha value is 1.78. The summed E-state index contributed by atoms with van der Waals surface area (Å²) in [6, 6.07) is 0. The van der Waals surface area contributed by atoms with E-state index in [0.29, 0.717) is 0 Å². The van der Waals surface area contributed by atoms with Gasteiger partial charge >= 0.3 is 58.9 Å². The summed E-state index contributed by atoms with van der Waals surface area (Å²) in [4.78, 5) is 0. The van der Waals surface area contributed by atoms with Crippen molar-refractivity contribution in [2.75, 3.05) is 0 Å². The molecule has 0 aromatic carbocycles. The minimum atomic E-state index is -3.67. The van der Waals surface area contributed by atoms with Crippen LogP contribution < -0.4 is 51.4 Å². The van der Waals surface area contributed by atoms with Gasteiger partial charge in [0.1, 0.15) is 0 Å². The first-order valence-corrected chi connectivity index (χ1v) is 1.46. The van der Waals surface area contributed by atoms with Crippen molar-refractivity contribution in [2.45, 2.75) is 0 Å². The molecule has 0 amide bonds. The van der Waals surface area contributed by atoms with Gasteiger partial charge in [-0.1, -0.05) is 0 Å². The van der Waals surface area contributed by atoms with Gasteiger partial charge in [0.25, 0.3) is 0 Å². The molecule has 0 aromatic heterocycles. The van der Waals surface area contributed by atoms with E-state index in [-0.39, 0.29) is 51.4 Å². The first kappa shape index (κ1) is 15.9. The van der Waals surface area contributed by atoms with Gasteiger partial charge in [-0.05, 0) is 0 Å². The van der Waals surface area contributed by atoms with Crippen LogP contribution in [0.1, 0.15) is 0 Å². The molecule has 0 aliphatic rings. The van der Waals surface area contributed by atoms with E-state index in [9.17, 15) is 12.9 Å². The standard InChI is InChI=1S/CH2Cl.BF3.K/c1-2;2-1(3)4;/h1H2;;/q-1;;+1. The molecule has 38 valence electrons. The van der Waals surface area contributed by atoms with Crippen molar-refractivity contribution in [3.63, 3.8) is 0 Å². The summed E-state index contributed by atoms with van der Waals surface area (Å²) in [5, 5.41) is 0. The van der Waals surface area contributed by atoms with Crippen LogP contribution in [-0.2, 0) is 0 Å². The Morgan fingerprint density at radius 2 is 1.14 bits per heavy atom. The molecule has 0 saturated carbocycles. The van der Waals surface area contributed by atoms with E-state index in [1.54, 1.807) is 0 Å². The maximum absolute atomic E-state index is 9.67. The van der Waals surface area contributed by atoms with Gasteiger partial charge in [0.15, 0.2) is 0 Å². The second kappa shape index (κ2) is 15.7. The third kappa shape index (κ3) is 82.0. The zero-order chi connectivity index (χ0) is 5.58. The van der Waals surface area contributed by atoms with Crippen LogP contribution >= 0.6 is 11.6 Å². The topological polar surface area (TPSA) is 0 Å². The summed E-state index contributed by atoms with van der Waals surface area (Å²) in [6.07, 6.45) is 2.72. The number of halogens is 4. The molecule has 0 aliphatic carbocycles. The van der Waals surface area contributed by atoms with E-state index < -0.39 is 7.54 Å². The van der Waals surface area contributed by atoms with Crippen molar-refractivity contribution in [2.24, 2.45) is 0 Å². The Morgan fingerprint density at radius 3 is 1.14 bits per heavy atom. The van der Waals surface area contributed by atoms with Crippen LogP contribution in [0, 0.1) is 6.38 Å². The Labute approximate surface area is 88.4 Å². The first-order chi connectivity index (χ1) is 2.73.